The van der Waals surface area contributed by atoms with Crippen molar-refractivity contribution in [2.24, 2.45) is 0 Å². The highest BCUT2D eigenvalue weighted by atomic mass is 16.5. The smallest absolute Gasteiger partial charge is 0.248 e. The summed E-state index contributed by atoms with van der Waals surface area (Å²) in [4.78, 5) is 13.9. The molecule has 1 aromatic rings. The molecule has 0 bridgehead atoms. The van der Waals surface area contributed by atoms with Crippen LogP contribution in [0.1, 0.15) is 31.2 Å². The maximum Gasteiger partial charge on any atom is 0.248 e. The van der Waals surface area contributed by atoms with E-state index in [4.69, 9.17) is 10.5 Å². The lowest BCUT2D eigenvalue weighted by atomic mass is 10.1. The third-order valence-corrected chi connectivity index (χ3v) is 3.76. The number of hydrogen-bond acceptors (Lipinski definition) is 3. The lowest BCUT2D eigenvalue weighted by molar-refractivity contribution is -0.136. The van der Waals surface area contributed by atoms with Gasteiger partial charge in [0.1, 0.15) is 6.61 Å². The van der Waals surface area contributed by atoms with Crippen LogP contribution in [0.3, 0.4) is 0 Å². The third kappa shape index (κ3) is 4.53. The molecule has 4 heteroatoms. The standard InChI is InChI=1S/C16H24N2O2/c17-15-8-4-3-7-14(15)9-12-20-13-16(19)18-10-5-1-2-6-11-18/h3-4,7-8H,1-2,5-6,9-13,17H2. The van der Waals surface area contributed by atoms with Gasteiger partial charge in [0.25, 0.3) is 0 Å². The minimum atomic E-state index is 0.118. The highest BCUT2D eigenvalue weighted by Gasteiger charge is 2.15. The first-order chi connectivity index (χ1) is 9.77. The van der Waals surface area contributed by atoms with E-state index in [1.807, 2.05) is 29.2 Å². The topological polar surface area (TPSA) is 55.6 Å². The van der Waals surface area contributed by atoms with Gasteiger partial charge >= 0.3 is 0 Å². The van der Waals surface area contributed by atoms with Gasteiger partial charge in [-0.25, -0.2) is 0 Å². The number of para-hydroxylation sites is 1. The van der Waals surface area contributed by atoms with Gasteiger partial charge in [-0.1, -0.05) is 31.0 Å². The Morgan fingerprint density at radius 3 is 2.55 bits per heavy atom. The van der Waals surface area contributed by atoms with Crippen LogP contribution in [-0.2, 0) is 16.0 Å². The normalized spacial score (nSPS) is 15.9. The number of amides is 1. The Hall–Kier alpha value is -1.55. The third-order valence-electron chi connectivity index (χ3n) is 3.76. The van der Waals surface area contributed by atoms with Gasteiger partial charge < -0.3 is 15.4 Å². The Balaban J connectivity index is 1.67. The van der Waals surface area contributed by atoms with Gasteiger partial charge in [0.2, 0.25) is 5.91 Å². The van der Waals surface area contributed by atoms with Gasteiger partial charge in [-0.05, 0) is 30.9 Å². The zero-order valence-corrected chi connectivity index (χ0v) is 12.0. The number of nitrogen functional groups attached to an aromatic ring is 1. The number of benzene rings is 1. The Bertz CT molecular complexity index is 426. The van der Waals surface area contributed by atoms with Crippen LogP contribution < -0.4 is 5.73 Å². The first kappa shape index (κ1) is 14.9. The lowest BCUT2D eigenvalue weighted by Crippen LogP contribution is -2.34. The van der Waals surface area contributed by atoms with Crippen molar-refractivity contribution in [2.75, 3.05) is 32.0 Å². The Kier molecular flexibility index (Phi) is 5.87. The van der Waals surface area contributed by atoms with Crippen LogP contribution in [0.25, 0.3) is 0 Å². The molecule has 2 N–H and O–H groups in total. The summed E-state index contributed by atoms with van der Waals surface area (Å²) in [7, 11) is 0. The predicted octanol–water partition coefficient (Wildman–Crippen LogP) is 2.23. The zero-order chi connectivity index (χ0) is 14.2. The molecule has 1 amide bonds. The second-order valence-corrected chi connectivity index (χ2v) is 5.30. The van der Waals surface area contributed by atoms with Crippen LogP contribution >= 0.6 is 0 Å². The summed E-state index contributed by atoms with van der Waals surface area (Å²) in [6.07, 6.45) is 5.45. The van der Waals surface area contributed by atoms with E-state index in [0.717, 1.165) is 43.6 Å². The number of ether oxygens (including phenoxy) is 1. The number of nitrogens with two attached hydrogens (primary N) is 1. The van der Waals surface area contributed by atoms with E-state index in [1.54, 1.807) is 0 Å². The highest BCUT2D eigenvalue weighted by molar-refractivity contribution is 5.77. The molecule has 1 fully saturated rings. The van der Waals surface area contributed by atoms with Crippen LogP contribution in [0, 0.1) is 0 Å². The molecule has 0 unspecified atom stereocenters. The average molecular weight is 276 g/mol. The molecule has 0 spiro atoms. The van der Waals surface area contributed by atoms with E-state index < -0.39 is 0 Å². The summed E-state index contributed by atoms with van der Waals surface area (Å²) >= 11 is 0. The molecule has 1 saturated heterocycles. The molecule has 1 aliphatic heterocycles. The molecular weight excluding hydrogens is 252 g/mol. The molecule has 0 aliphatic carbocycles. The molecule has 0 radical (unpaired) electrons. The lowest BCUT2D eigenvalue weighted by Gasteiger charge is -2.20. The van der Waals surface area contributed by atoms with Crippen molar-refractivity contribution in [3.8, 4) is 0 Å². The molecule has 1 aromatic carbocycles. The molecule has 0 aromatic heterocycles. The average Bonchev–Trinajstić information content (AvgIpc) is 2.74. The fourth-order valence-corrected chi connectivity index (χ4v) is 2.51. The highest BCUT2D eigenvalue weighted by Crippen LogP contribution is 2.12. The molecule has 0 saturated carbocycles. The van der Waals surface area contributed by atoms with Gasteiger partial charge in [0, 0.05) is 18.8 Å². The van der Waals surface area contributed by atoms with Crippen LogP contribution in [-0.4, -0.2) is 37.1 Å². The van der Waals surface area contributed by atoms with E-state index in [-0.39, 0.29) is 12.5 Å². The summed E-state index contributed by atoms with van der Waals surface area (Å²) in [6, 6.07) is 7.77. The number of likely N-dealkylation sites (tertiary alicyclic amines) is 1. The minimum absolute atomic E-state index is 0.118. The number of hydrogen-bond donors (Lipinski definition) is 1. The monoisotopic (exact) mass is 276 g/mol. The number of carbonyl (C=O) groups is 1. The molecule has 4 nitrogen and oxygen atoms in total. The van der Waals surface area contributed by atoms with Gasteiger partial charge in [0.15, 0.2) is 0 Å². The minimum Gasteiger partial charge on any atom is -0.399 e. The molecule has 1 aliphatic rings. The van der Waals surface area contributed by atoms with Crippen molar-refractivity contribution in [3.05, 3.63) is 29.8 Å². The number of nitrogens with zero attached hydrogens (tertiary/aromatic N) is 1. The summed E-state index contributed by atoms with van der Waals surface area (Å²) in [5, 5.41) is 0. The summed E-state index contributed by atoms with van der Waals surface area (Å²) < 4.78 is 5.50. The first-order valence-corrected chi connectivity index (χ1v) is 7.46. The van der Waals surface area contributed by atoms with Crippen molar-refractivity contribution >= 4 is 11.6 Å². The van der Waals surface area contributed by atoms with E-state index in [9.17, 15) is 4.79 Å². The maximum absolute atomic E-state index is 12.0. The van der Waals surface area contributed by atoms with Gasteiger partial charge in [0.05, 0.1) is 6.61 Å². The van der Waals surface area contributed by atoms with Crippen molar-refractivity contribution in [1.82, 2.24) is 4.90 Å². The summed E-state index contributed by atoms with van der Waals surface area (Å²) in [5.41, 5.74) is 7.73. The van der Waals surface area contributed by atoms with Gasteiger partial charge in [-0.3, -0.25) is 4.79 Å². The maximum atomic E-state index is 12.0. The van der Waals surface area contributed by atoms with E-state index in [1.165, 1.54) is 12.8 Å². The van der Waals surface area contributed by atoms with Crippen molar-refractivity contribution in [2.45, 2.75) is 32.1 Å². The molecule has 1 heterocycles. The van der Waals surface area contributed by atoms with E-state index in [2.05, 4.69) is 0 Å². The Morgan fingerprint density at radius 2 is 1.85 bits per heavy atom. The van der Waals surface area contributed by atoms with Gasteiger partial charge in [-0.15, -0.1) is 0 Å². The van der Waals surface area contributed by atoms with Crippen LogP contribution in [0.2, 0.25) is 0 Å². The first-order valence-electron chi connectivity index (χ1n) is 7.46. The second-order valence-electron chi connectivity index (χ2n) is 5.30. The Labute approximate surface area is 120 Å². The summed E-state index contributed by atoms with van der Waals surface area (Å²) in [5.74, 6) is 0.118. The van der Waals surface area contributed by atoms with Crippen molar-refractivity contribution < 1.29 is 9.53 Å². The van der Waals surface area contributed by atoms with Crippen LogP contribution in [0.4, 0.5) is 5.69 Å². The molecule has 20 heavy (non-hydrogen) atoms. The summed E-state index contributed by atoms with van der Waals surface area (Å²) in [6.45, 7) is 2.49. The van der Waals surface area contributed by atoms with Crippen LogP contribution in [0.15, 0.2) is 24.3 Å². The number of anilines is 1. The SMILES string of the molecule is Nc1ccccc1CCOCC(=O)N1CCCCCC1. The molecule has 2 rings (SSSR count). The predicted molar refractivity (Wildman–Crippen MR) is 80.4 cm³/mol. The van der Waals surface area contributed by atoms with Crippen LogP contribution in [0.5, 0.6) is 0 Å². The fraction of sp³-hybridized carbons (Fsp3) is 0.562. The largest absolute Gasteiger partial charge is 0.399 e. The van der Waals surface area contributed by atoms with E-state index in [0.29, 0.717) is 6.61 Å². The number of carbonyl (C=O) groups excluding carboxylic acids is 1. The fourth-order valence-electron chi connectivity index (χ4n) is 2.51. The molecule has 0 atom stereocenters. The molecular formula is C16H24N2O2. The van der Waals surface area contributed by atoms with Crippen molar-refractivity contribution in [3.63, 3.8) is 0 Å². The van der Waals surface area contributed by atoms with E-state index >= 15 is 0 Å². The Morgan fingerprint density at radius 1 is 1.15 bits per heavy atom. The molecule has 110 valence electrons. The number of rotatable bonds is 5. The zero-order valence-electron chi connectivity index (χ0n) is 12.0. The van der Waals surface area contributed by atoms with Gasteiger partial charge in [-0.2, -0.15) is 0 Å². The quantitative estimate of drug-likeness (QED) is 0.663. The second kappa shape index (κ2) is 7.90. The van der Waals surface area contributed by atoms with Crippen molar-refractivity contribution in [1.29, 1.82) is 0 Å².